The maximum absolute atomic E-state index is 11.5. The van der Waals surface area contributed by atoms with Crippen LogP contribution in [0.1, 0.15) is 12.5 Å². The maximum atomic E-state index is 11.5. The molecule has 0 aliphatic carbocycles. The molecule has 0 N–H and O–H groups in total. The molecule has 0 atom stereocenters. The Hall–Kier alpha value is -2.60. The van der Waals surface area contributed by atoms with Gasteiger partial charge in [-0.1, -0.05) is 36.4 Å². The first kappa shape index (κ1) is 12.8. The molecule has 0 heterocycles. The lowest BCUT2D eigenvalue weighted by molar-refractivity contribution is -0.137. The van der Waals surface area contributed by atoms with E-state index in [1.165, 1.54) is 0 Å². The van der Waals surface area contributed by atoms with Crippen molar-refractivity contribution in [3.05, 3.63) is 53.6 Å². The van der Waals surface area contributed by atoms with E-state index in [9.17, 15) is 4.79 Å². The molecule has 2 aromatic carbocycles. The van der Waals surface area contributed by atoms with E-state index in [1.807, 2.05) is 48.5 Å². The molecule has 0 radical (unpaired) electrons. The van der Waals surface area contributed by atoms with Crippen molar-refractivity contribution in [2.24, 2.45) is 0 Å². The lowest BCUT2D eigenvalue weighted by Crippen LogP contribution is -2.05. The Morgan fingerprint density at radius 3 is 2.68 bits per heavy atom. The van der Waals surface area contributed by atoms with Gasteiger partial charge in [0.25, 0.3) is 0 Å². The number of carbonyl (C=O) groups excluding carboxylic acids is 1. The van der Waals surface area contributed by atoms with E-state index in [0.29, 0.717) is 0 Å². The Labute approximate surface area is 111 Å². The van der Waals surface area contributed by atoms with Crippen LogP contribution in [0.3, 0.4) is 0 Å². The van der Waals surface area contributed by atoms with Crippen LogP contribution in [0.2, 0.25) is 0 Å². The zero-order valence-electron chi connectivity index (χ0n) is 10.6. The minimum Gasteiger partial charge on any atom is -0.462 e. The van der Waals surface area contributed by atoms with Crippen molar-refractivity contribution in [2.45, 2.75) is 6.92 Å². The van der Waals surface area contributed by atoms with Gasteiger partial charge in [0, 0.05) is 0 Å². The maximum Gasteiger partial charge on any atom is 0.348 e. The number of fused-ring (bicyclic) bond motifs is 1. The lowest BCUT2D eigenvalue weighted by Gasteiger charge is -2.01. The van der Waals surface area contributed by atoms with Crippen molar-refractivity contribution in [1.82, 2.24) is 0 Å². The Kier molecular flexibility index (Phi) is 3.94. The summed E-state index contributed by atoms with van der Waals surface area (Å²) in [6.45, 7) is 1.97. The molecule has 0 bridgehead atoms. The molecule has 0 unspecified atom stereocenters. The molecule has 2 rings (SSSR count). The van der Waals surface area contributed by atoms with Crippen molar-refractivity contribution >= 4 is 22.8 Å². The Balaban J connectivity index is 2.38. The largest absolute Gasteiger partial charge is 0.462 e. The second kappa shape index (κ2) is 5.83. The summed E-state index contributed by atoms with van der Waals surface area (Å²) in [5.74, 6) is -0.585. The van der Waals surface area contributed by atoms with Crippen LogP contribution in [0.4, 0.5) is 0 Å². The minimum atomic E-state index is -0.585. The Morgan fingerprint density at radius 2 is 2.00 bits per heavy atom. The molecular weight excluding hydrogens is 238 g/mol. The van der Waals surface area contributed by atoms with Gasteiger partial charge in [-0.05, 0) is 35.4 Å². The van der Waals surface area contributed by atoms with Crippen LogP contribution in [0, 0.1) is 11.3 Å². The van der Waals surface area contributed by atoms with Gasteiger partial charge >= 0.3 is 5.97 Å². The van der Waals surface area contributed by atoms with Crippen LogP contribution < -0.4 is 0 Å². The first-order valence-corrected chi connectivity index (χ1v) is 6.02. The molecule has 2 aromatic rings. The van der Waals surface area contributed by atoms with Gasteiger partial charge in [-0.2, -0.15) is 5.26 Å². The molecule has 94 valence electrons. The number of carbonyl (C=O) groups is 1. The third-order valence-corrected chi connectivity index (χ3v) is 2.70. The molecule has 0 saturated heterocycles. The number of rotatable bonds is 3. The molecule has 3 heteroatoms. The molecule has 0 fully saturated rings. The zero-order chi connectivity index (χ0) is 13.7. The summed E-state index contributed by atoms with van der Waals surface area (Å²) in [4.78, 5) is 11.5. The highest BCUT2D eigenvalue weighted by molar-refractivity contribution is 5.98. The number of hydrogen-bond donors (Lipinski definition) is 0. The van der Waals surface area contributed by atoms with Gasteiger partial charge in [-0.3, -0.25) is 0 Å². The van der Waals surface area contributed by atoms with Gasteiger partial charge in [0.2, 0.25) is 0 Å². The van der Waals surface area contributed by atoms with E-state index in [1.54, 1.807) is 13.0 Å². The van der Waals surface area contributed by atoms with E-state index in [-0.39, 0.29) is 12.2 Å². The molecule has 0 aliphatic rings. The second-order valence-corrected chi connectivity index (χ2v) is 4.00. The Bertz CT molecular complexity index is 680. The number of benzene rings is 2. The lowest BCUT2D eigenvalue weighted by atomic mass is 10.1. The highest BCUT2D eigenvalue weighted by Crippen LogP contribution is 2.17. The fraction of sp³-hybridized carbons (Fsp3) is 0.125. The first-order chi connectivity index (χ1) is 9.24. The van der Waals surface area contributed by atoms with E-state index in [0.717, 1.165) is 16.3 Å². The number of ether oxygens (including phenoxy) is 1. The summed E-state index contributed by atoms with van der Waals surface area (Å²) in [5.41, 5.74) is 0.820. The standard InChI is InChI=1S/C16H13NO2/c1-2-19-16(18)15(11-17)10-12-7-8-13-5-3-4-6-14(13)9-12/h3-10H,2H2,1H3. The monoisotopic (exact) mass is 251 g/mol. The number of nitriles is 1. The van der Waals surface area contributed by atoms with Crippen molar-refractivity contribution < 1.29 is 9.53 Å². The predicted molar refractivity (Wildman–Crippen MR) is 74.2 cm³/mol. The summed E-state index contributed by atoms with van der Waals surface area (Å²) in [6, 6.07) is 15.6. The van der Waals surface area contributed by atoms with E-state index in [2.05, 4.69) is 0 Å². The molecule has 0 aliphatic heterocycles. The predicted octanol–water partition coefficient (Wildman–Crippen LogP) is 3.31. The van der Waals surface area contributed by atoms with Crippen molar-refractivity contribution in [3.8, 4) is 6.07 Å². The second-order valence-electron chi connectivity index (χ2n) is 4.00. The van der Waals surface area contributed by atoms with Crippen LogP contribution in [-0.4, -0.2) is 12.6 Å². The average Bonchev–Trinajstić information content (AvgIpc) is 2.44. The highest BCUT2D eigenvalue weighted by atomic mass is 16.5. The quantitative estimate of drug-likeness (QED) is 0.477. The van der Waals surface area contributed by atoms with E-state index in [4.69, 9.17) is 10.00 Å². The molecule has 3 nitrogen and oxygen atoms in total. The first-order valence-electron chi connectivity index (χ1n) is 6.02. The number of hydrogen-bond acceptors (Lipinski definition) is 3. The molecule has 0 saturated carbocycles. The van der Waals surface area contributed by atoms with Gasteiger partial charge in [-0.25, -0.2) is 4.79 Å². The highest BCUT2D eigenvalue weighted by Gasteiger charge is 2.09. The molecule has 0 amide bonds. The third-order valence-electron chi connectivity index (χ3n) is 2.70. The van der Waals surface area contributed by atoms with Gasteiger partial charge < -0.3 is 4.74 Å². The molecule has 0 spiro atoms. The van der Waals surface area contributed by atoms with E-state index < -0.39 is 5.97 Å². The van der Waals surface area contributed by atoms with Gasteiger partial charge in [-0.15, -0.1) is 0 Å². The minimum absolute atomic E-state index is 0.0112. The van der Waals surface area contributed by atoms with Crippen molar-refractivity contribution in [2.75, 3.05) is 6.61 Å². The fourth-order valence-corrected chi connectivity index (χ4v) is 1.81. The molecule has 19 heavy (non-hydrogen) atoms. The van der Waals surface area contributed by atoms with Gasteiger partial charge in [0.05, 0.1) is 6.61 Å². The van der Waals surface area contributed by atoms with Crippen LogP contribution in [-0.2, 0) is 9.53 Å². The molecule has 0 aromatic heterocycles. The van der Waals surface area contributed by atoms with Crippen molar-refractivity contribution in [3.63, 3.8) is 0 Å². The van der Waals surface area contributed by atoms with Gasteiger partial charge in [0.15, 0.2) is 0 Å². The topological polar surface area (TPSA) is 50.1 Å². The SMILES string of the molecule is CCOC(=O)C(C#N)=Cc1ccc2ccccc2c1. The average molecular weight is 251 g/mol. The summed E-state index contributed by atoms with van der Waals surface area (Å²) in [6.07, 6.45) is 1.55. The van der Waals surface area contributed by atoms with Crippen LogP contribution in [0.15, 0.2) is 48.0 Å². The zero-order valence-corrected chi connectivity index (χ0v) is 10.6. The van der Waals surface area contributed by atoms with Crippen molar-refractivity contribution in [1.29, 1.82) is 5.26 Å². The van der Waals surface area contributed by atoms with Gasteiger partial charge in [0.1, 0.15) is 11.6 Å². The summed E-state index contributed by atoms with van der Waals surface area (Å²) in [7, 11) is 0. The number of nitrogens with zero attached hydrogens (tertiary/aromatic N) is 1. The smallest absolute Gasteiger partial charge is 0.348 e. The summed E-state index contributed by atoms with van der Waals surface area (Å²) >= 11 is 0. The van der Waals surface area contributed by atoms with E-state index >= 15 is 0 Å². The van der Waals surface area contributed by atoms with Crippen LogP contribution in [0.5, 0.6) is 0 Å². The number of esters is 1. The summed E-state index contributed by atoms with van der Waals surface area (Å²) < 4.78 is 4.82. The Morgan fingerprint density at radius 1 is 1.26 bits per heavy atom. The van der Waals surface area contributed by atoms with Crippen LogP contribution >= 0.6 is 0 Å². The third kappa shape index (κ3) is 2.99. The van der Waals surface area contributed by atoms with Crippen LogP contribution in [0.25, 0.3) is 16.8 Å². The fourth-order valence-electron chi connectivity index (χ4n) is 1.81. The normalized spacial score (nSPS) is 11.1. The summed E-state index contributed by atoms with van der Waals surface area (Å²) in [5, 5.41) is 11.2. The molecular formula is C16H13NO2.